The van der Waals surface area contributed by atoms with Gasteiger partial charge in [-0.05, 0) is 36.2 Å². The average molecular weight is 357 g/mol. The Labute approximate surface area is 150 Å². The van der Waals surface area contributed by atoms with Gasteiger partial charge < -0.3 is 15.4 Å². The zero-order chi connectivity index (χ0) is 17.6. The first-order valence-corrected chi connectivity index (χ1v) is 7.97. The van der Waals surface area contributed by atoms with E-state index in [0.717, 1.165) is 16.8 Å². The number of anilines is 3. The largest absolute Gasteiger partial charge is 0.495 e. The lowest BCUT2D eigenvalue weighted by Crippen LogP contribution is -2.06. The van der Waals surface area contributed by atoms with Crippen LogP contribution in [0.4, 0.5) is 17.5 Å². The predicted molar refractivity (Wildman–Crippen MR) is 97.4 cm³/mol. The molecule has 0 radical (unpaired) electrons. The maximum atomic E-state index is 6.13. The minimum Gasteiger partial charge on any atom is -0.495 e. The fraction of sp³-hybridized carbons (Fsp3) is 0.176. The number of nitrogens with zero attached hydrogens (tertiary/aromatic N) is 4. The summed E-state index contributed by atoms with van der Waals surface area (Å²) in [4.78, 5) is 8.40. The zero-order valence-electron chi connectivity index (χ0n) is 13.8. The number of ether oxygens (including phenoxy) is 1. The Morgan fingerprint density at radius 2 is 2.00 bits per heavy atom. The van der Waals surface area contributed by atoms with Gasteiger partial charge in [0.1, 0.15) is 5.75 Å². The van der Waals surface area contributed by atoms with E-state index in [-0.39, 0.29) is 0 Å². The number of methoxy groups -OCH3 is 1. The third-order valence-electron chi connectivity index (χ3n) is 3.51. The van der Waals surface area contributed by atoms with Crippen LogP contribution in [0, 0.1) is 6.92 Å². The number of halogens is 1. The number of aromatic nitrogens is 4. The van der Waals surface area contributed by atoms with Gasteiger partial charge in [0.15, 0.2) is 5.82 Å². The number of hydrogen-bond donors (Lipinski definition) is 2. The summed E-state index contributed by atoms with van der Waals surface area (Å²) in [5, 5.41) is 14.9. The molecule has 0 fully saturated rings. The van der Waals surface area contributed by atoms with E-state index in [1.54, 1.807) is 31.8 Å². The van der Waals surface area contributed by atoms with Gasteiger partial charge in [-0.2, -0.15) is 10.1 Å². The molecule has 3 aromatic rings. The van der Waals surface area contributed by atoms with Crippen molar-refractivity contribution in [1.29, 1.82) is 0 Å². The van der Waals surface area contributed by atoms with Crippen molar-refractivity contribution < 1.29 is 4.74 Å². The summed E-state index contributed by atoms with van der Waals surface area (Å²) >= 11 is 6.13. The molecule has 0 bridgehead atoms. The van der Waals surface area contributed by atoms with E-state index in [1.807, 2.05) is 25.1 Å². The number of benzene rings is 1. The van der Waals surface area contributed by atoms with E-state index in [0.29, 0.717) is 29.1 Å². The first-order valence-electron chi connectivity index (χ1n) is 7.59. The van der Waals surface area contributed by atoms with Crippen LogP contribution in [0.25, 0.3) is 0 Å². The van der Waals surface area contributed by atoms with E-state index >= 15 is 0 Å². The van der Waals surface area contributed by atoms with Gasteiger partial charge in [-0.3, -0.25) is 4.98 Å². The molecule has 0 unspecified atom stereocenters. The molecule has 25 heavy (non-hydrogen) atoms. The van der Waals surface area contributed by atoms with Crippen LogP contribution in [0.5, 0.6) is 5.75 Å². The van der Waals surface area contributed by atoms with Gasteiger partial charge in [0.2, 0.25) is 5.95 Å². The normalized spacial score (nSPS) is 10.4. The van der Waals surface area contributed by atoms with E-state index in [4.69, 9.17) is 16.3 Å². The van der Waals surface area contributed by atoms with E-state index in [1.165, 1.54) is 0 Å². The fourth-order valence-electron chi connectivity index (χ4n) is 2.19. The topological polar surface area (TPSA) is 84.9 Å². The summed E-state index contributed by atoms with van der Waals surface area (Å²) in [6.07, 6.45) is 5.06. The molecule has 2 heterocycles. The van der Waals surface area contributed by atoms with Crippen LogP contribution < -0.4 is 15.4 Å². The lowest BCUT2D eigenvalue weighted by molar-refractivity contribution is 0.416. The number of aryl methyl sites for hydroxylation is 1. The smallest absolute Gasteiger partial charge is 0.249 e. The SMILES string of the molecule is COc1cc(Cl)c(C)cc1Nc1nncc(NCc2ccncc2)n1. The Bertz CT molecular complexity index is 859. The third-order valence-corrected chi connectivity index (χ3v) is 3.92. The first kappa shape index (κ1) is 16.9. The third kappa shape index (κ3) is 4.33. The summed E-state index contributed by atoms with van der Waals surface area (Å²) in [6, 6.07) is 7.49. The van der Waals surface area contributed by atoms with Crippen LogP contribution >= 0.6 is 11.6 Å². The van der Waals surface area contributed by atoms with Crippen LogP contribution in [0.3, 0.4) is 0 Å². The summed E-state index contributed by atoms with van der Waals surface area (Å²) in [6.45, 7) is 2.53. The van der Waals surface area contributed by atoms with Crippen molar-refractivity contribution in [2.24, 2.45) is 0 Å². The molecule has 0 atom stereocenters. The number of pyridine rings is 1. The van der Waals surface area contributed by atoms with Crippen LogP contribution in [0.1, 0.15) is 11.1 Å². The summed E-state index contributed by atoms with van der Waals surface area (Å²) in [5.74, 6) is 1.58. The number of hydrogen-bond acceptors (Lipinski definition) is 7. The molecule has 128 valence electrons. The Hall–Kier alpha value is -2.93. The monoisotopic (exact) mass is 356 g/mol. The molecule has 2 aromatic heterocycles. The highest BCUT2D eigenvalue weighted by atomic mass is 35.5. The van der Waals surface area contributed by atoms with Crippen molar-refractivity contribution in [3.63, 3.8) is 0 Å². The molecule has 0 aliphatic carbocycles. The quantitative estimate of drug-likeness (QED) is 0.698. The molecule has 0 aliphatic rings. The molecule has 3 rings (SSSR count). The molecule has 0 aliphatic heterocycles. The lowest BCUT2D eigenvalue weighted by atomic mass is 10.2. The van der Waals surface area contributed by atoms with E-state index < -0.39 is 0 Å². The van der Waals surface area contributed by atoms with Crippen molar-refractivity contribution in [1.82, 2.24) is 20.2 Å². The van der Waals surface area contributed by atoms with Gasteiger partial charge in [0.25, 0.3) is 0 Å². The predicted octanol–water partition coefficient (Wildman–Crippen LogP) is 3.59. The molecule has 0 saturated heterocycles. The molecule has 7 nitrogen and oxygen atoms in total. The second-order valence-electron chi connectivity index (χ2n) is 5.30. The minimum atomic E-state index is 0.361. The van der Waals surface area contributed by atoms with Crippen molar-refractivity contribution in [2.75, 3.05) is 17.7 Å². The molecular weight excluding hydrogens is 340 g/mol. The van der Waals surface area contributed by atoms with Crippen LogP contribution in [0.15, 0.2) is 42.9 Å². The fourth-order valence-corrected chi connectivity index (χ4v) is 2.34. The maximum Gasteiger partial charge on any atom is 0.249 e. The summed E-state index contributed by atoms with van der Waals surface area (Å²) in [5.41, 5.74) is 2.74. The molecule has 2 N–H and O–H groups in total. The van der Waals surface area contributed by atoms with Gasteiger partial charge in [0.05, 0.1) is 19.0 Å². The van der Waals surface area contributed by atoms with Crippen molar-refractivity contribution >= 4 is 29.1 Å². The minimum absolute atomic E-state index is 0.361. The summed E-state index contributed by atoms with van der Waals surface area (Å²) in [7, 11) is 1.58. The lowest BCUT2D eigenvalue weighted by Gasteiger charge is -2.12. The molecule has 0 saturated carbocycles. The van der Waals surface area contributed by atoms with Gasteiger partial charge >= 0.3 is 0 Å². The van der Waals surface area contributed by atoms with Crippen LogP contribution in [0.2, 0.25) is 5.02 Å². The highest BCUT2D eigenvalue weighted by Gasteiger charge is 2.09. The summed E-state index contributed by atoms with van der Waals surface area (Å²) < 4.78 is 5.34. The van der Waals surface area contributed by atoms with Gasteiger partial charge in [-0.1, -0.05) is 11.6 Å². The van der Waals surface area contributed by atoms with E-state index in [9.17, 15) is 0 Å². The van der Waals surface area contributed by atoms with Crippen molar-refractivity contribution in [3.8, 4) is 5.75 Å². The second-order valence-corrected chi connectivity index (χ2v) is 5.71. The van der Waals surface area contributed by atoms with Crippen molar-refractivity contribution in [2.45, 2.75) is 13.5 Å². The van der Waals surface area contributed by atoms with Gasteiger partial charge in [-0.15, -0.1) is 5.10 Å². The highest BCUT2D eigenvalue weighted by Crippen LogP contribution is 2.32. The number of rotatable bonds is 6. The molecule has 8 heteroatoms. The molecule has 0 amide bonds. The molecular formula is C17H17ClN6O. The van der Waals surface area contributed by atoms with Crippen LogP contribution in [-0.2, 0) is 6.54 Å². The highest BCUT2D eigenvalue weighted by molar-refractivity contribution is 6.31. The standard InChI is InChI=1S/C17H17ClN6O/c1-11-7-14(15(25-2)8-13(11)18)22-17-23-16(10-21-24-17)20-9-12-3-5-19-6-4-12/h3-8,10H,9H2,1-2H3,(H2,20,22,23,24). The van der Waals surface area contributed by atoms with Gasteiger partial charge in [-0.25, -0.2) is 0 Å². The van der Waals surface area contributed by atoms with Crippen molar-refractivity contribution in [3.05, 3.63) is 59.0 Å². The molecule has 0 spiro atoms. The Morgan fingerprint density at radius 1 is 1.20 bits per heavy atom. The first-order chi connectivity index (χ1) is 12.2. The van der Waals surface area contributed by atoms with Gasteiger partial charge in [0, 0.05) is 30.0 Å². The maximum absolute atomic E-state index is 6.13. The average Bonchev–Trinajstić information content (AvgIpc) is 2.64. The number of nitrogens with one attached hydrogen (secondary N) is 2. The van der Waals surface area contributed by atoms with Crippen LogP contribution in [-0.4, -0.2) is 27.3 Å². The second kappa shape index (κ2) is 7.76. The Morgan fingerprint density at radius 3 is 2.76 bits per heavy atom. The van der Waals surface area contributed by atoms with E-state index in [2.05, 4.69) is 30.8 Å². The Kier molecular flexibility index (Phi) is 5.25. The molecule has 1 aromatic carbocycles. The zero-order valence-corrected chi connectivity index (χ0v) is 14.6. The Balaban J connectivity index is 1.75.